The van der Waals surface area contributed by atoms with Crippen molar-refractivity contribution in [3.05, 3.63) is 0 Å². The van der Waals surface area contributed by atoms with E-state index in [1.807, 2.05) is 7.05 Å². The first-order valence-corrected chi connectivity index (χ1v) is 6.65. The van der Waals surface area contributed by atoms with Gasteiger partial charge in [0.25, 0.3) is 0 Å². The first-order valence-electron chi connectivity index (χ1n) is 5.14. The van der Waals surface area contributed by atoms with E-state index in [1.165, 1.54) is 0 Å². The Labute approximate surface area is 86.7 Å². The van der Waals surface area contributed by atoms with Gasteiger partial charge in [-0.25, -0.2) is 12.7 Å². The zero-order valence-corrected chi connectivity index (χ0v) is 9.97. The second-order valence-corrected chi connectivity index (χ2v) is 6.57. The van der Waals surface area contributed by atoms with E-state index in [1.54, 1.807) is 18.2 Å². The van der Waals surface area contributed by atoms with Crippen molar-refractivity contribution in [2.45, 2.75) is 38.0 Å². The van der Waals surface area contributed by atoms with Crippen molar-refractivity contribution in [1.82, 2.24) is 9.62 Å². The molecule has 0 aromatic carbocycles. The highest BCUT2D eigenvalue weighted by Crippen LogP contribution is 2.16. The van der Waals surface area contributed by atoms with Crippen LogP contribution >= 0.6 is 0 Å². The summed E-state index contributed by atoms with van der Waals surface area (Å²) in [6.45, 7) is 4.77. The van der Waals surface area contributed by atoms with Gasteiger partial charge >= 0.3 is 0 Å². The van der Waals surface area contributed by atoms with Crippen molar-refractivity contribution in [1.29, 1.82) is 0 Å². The number of nitrogens with zero attached hydrogens (tertiary/aromatic N) is 1. The first-order chi connectivity index (χ1) is 6.48. The molecule has 14 heavy (non-hydrogen) atoms. The van der Waals surface area contributed by atoms with Gasteiger partial charge in [-0.1, -0.05) is 0 Å². The normalized spacial score (nSPS) is 25.6. The summed E-state index contributed by atoms with van der Waals surface area (Å²) < 4.78 is 25.3. The predicted molar refractivity (Wildman–Crippen MR) is 57.7 cm³/mol. The zero-order chi connectivity index (χ0) is 10.8. The minimum atomic E-state index is -3.05. The highest BCUT2D eigenvalue weighted by Gasteiger charge is 2.30. The third-order valence-corrected chi connectivity index (χ3v) is 4.99. The fourth-order valence-electron chi connectivity index (χ4n) is 1.71. The highest BCUT2D eigenvalue weighted by molar-refractivity contribution is 7.89. The van der Waals surface area contributed by atoms with Crippen LogP contribution in [-0.4, -0.2) is 44.2 Å². The van der Waals surface area contributed by atoms with Gasteiger partial charge in [0.2, 0.25) is 10.0 Å². The quantitative estimate of drug-likeness (QED) is 0.749. The van der Waals surface area contributed by atoms with E-state index >= 15 is 0 Å². The lowest BCUT2D eigenvalue weighted by Crippen LogP contribution is -2.48. The van der Waals surface area contributed by atoms with Gasteiger partial charge in [-0.15, -0.1) is 0 Å². The molecule has 0 saturated carbocycles. The van der Waals surface area contributed by atoms with Gasteiger partial charge in [-0.2, -0.15) is 0 Å². The molecule has 0 unspecified atom stereocenters. The Bertz CT molecular complexity index is 275. The summed E-state index contributed by atoms with van der Waals surface area (Å²) in [6.07, 6.45) is 2.03. The molecule has 1 atom stereocenters. The molecular weight excluding hydrogens is 200 g/mol. The molecule has 1 aliphatic heterocycles. The average molecular weight is 220 g/mol. The van der Waals surface area contributed by atoms with Crippen molar-refractivity contribution < 1.29 is 8.42 Å². The summed E-state index contributed by atoms with van der Waals surface area (Å²) in [6, 6.07) is 0.317. The summed E-state index contributed by atoms with van der Waals surface area (Å²) in [4.78, 5) is 0. The largest absolute Gasteiger partial charge is 0.316 e. The van der Waals surface area contributed by atoms with Gasteiger partial charge in [-0.3, -0.25) is 0 Å². The van der Waals surface area contributed by atoms with Gasteiger partial charge in [-0.05, 0) is 33.7 Å². The molecule has 0 bridgehead atoms. The Morgan fingerprint density at radius 1 is 1.43 bits per heavy atom. The second-order valence-electron chi connectivity index (χ2n) is 4.08. The smallest absolute Gasteiger partial charge is 0.216 e. The molecule has 0 aliphatic carbocycles. The molecular formula is C9H20N2O2S. The minimum absolute atomic E-state index is 0.307. The van der Waals surface area contributed by atoms with Crippen LogP contribution in [0, 0.1) is 0 Å². The summed E-state index contributed by atoms with van der Waals surface area (Å²) in [7, 11) is -1.16. The van der Waals surface area contributed by atoms with Gasteiger partial charge in [0, 0.05) is 19.1 Å². The van der Waals surface area contributed by atoms with Crippen LogP contribution in [-0.2, 0) is 10.0 Å². The van der Waals surface area contributed by atoms with Gasteiger partial charge in [0.1, 0.15) is 0 Å². The molecule has 0 aromatic heterocycles. The van der Waals surface area contributed by atoms with Crippen LogP contribution in [0.5, 0.6) is 0 Å². The van der Waals surface area contributed by atoms with Crippen LogP contribution in [0.2, 0.25) is 0 Å². The molecule has 1 heterocycles. The van der Waals surface area contributed by atoms with Crippen molar-refractivity contribution in [2.75, 3.05) is 20.1 Å². The van der Waals surface area contributed by atoms with Crippen LogP contribution < -0.4 is 5.32 Å². The lowest BCUT2D eigenvalue weighted by Gasteiger charge is -2.32. The van der Waals surface area contributed by atoms with Crippen LogP contribution in [0.4, 0.5) is 0 Å². The van der Waals surface area contributed by atoms with E-state index in [2.05, 4.69) is 5.32 Å². The molecule has 84 valence electrons. The van der Waals surface area contributed by atoms with Crippen LogP contribution in [0.3, 0.4) is 0 Å². The maximum Gasteiger partial charge on any atom is 0.216 e. The maximum absolute atomic E-state index is 11.8. The van der Waals surface area contributed by atoms with Crippen molar-refractivity contribution in [2.24, 2.45) is 0 Å². The van der Waals surface area contributed by atoms with Crippen molar-refractivity contribution >= 4 is 10.0 Å². The molecule has 1 fully saturated rings. The lowest BCUT2D eigenvalue weighted by atomic mass is 10.1. The van der Waals surface area contributed by atoms with Gasteiger partial charge in [0.15, 0.2) is 0 Å². The molecule has 0 radical (unpaired) electrons. The molecule has 0 aromatic rings. The van der Waals surface area contributed by atoms with Crippen molar-refractivity contribution in [3.63, 3.8) is 0 Å². The molecule has 5 heteroatoms. The predicted octanol–water partition coefficient (Wildman–Crippen LogP) is 0.408. The molecule has 0 spiro atoms. The van der Waals surface area contributed by atoms with Crippen LogP contribution in [0.25, 0.3) is 0 Å². The number of rotatable bonds is 3. The third kappa shape index (κ3) is 2.46. The molecule has 1 N–H and O–H groups in total. The SMILES string of the molecule is CN[C@H]1CCCN(S(=O)(=O)C(C)C)C1. The fourth-order valence-corrected chi connectivity index (χ4v) is 3.07. The summed E-state index contributed by atoms with van der Waals surface area (Å²) in [5.74, 6) is 0. The standard InChI is InChI=1S/C9H20N2O2S/c1-8(2)14(12,13)11-6-4-5-9(7-11)10-3/h8-10H,4-7H2,1-3H3/t9-/m0/s1. The van der Waals surface area contributed by atoms with E-state index in [0.717, 1.165) is 12.8 Å². The Kier molecular flexibility index (Phi) is 3.92. The summed E-state index contributed by atoms with van der Waals surface area (Å²) in [5.41, 5.74) is 0. The lowest BCUT2D eigenvalue weighted by molar-refractivity contribution is 0.291. The Morgan fingerprint density at radius 3 is 2.57 bits per heavy atom. The number of sulfonamides is 1. The molecule has 1 aliphatic rings. The number of nitrogens with one attached hydrogen (secondary N) is 1. The number of hydrogen-bond donors (Lipinski definition) is 1. The number of hydrogen-bond acceptors (Lipinski definition) is 3. The third-order valence-electron chi connectivity index (χ3n) is 2.75. The molecule has 0 amide bonds. The van der Waals surface area contributed by atoms with E-state index in [4.69, 9.17) is 0 Å². The first kappa shape index (κ1) is 11.9. The zero-order valence-electron chi connectivity index (χ0n) is 9.16. The Morgan fingerprint density at radius 2 is 2.07 bits per heavy atom. The number of piperidine rings is 1. The highest BCUT2D eigenvalue weighted by atomic mass is 32.2. The summed E-state index contributed by atoms with van der Waals surface area (Å²) in [5, 5.41) is 2.83. The second kappa shape index (κ2) is 4.59. The number of likely N-dealkylation sites (N-methyl/N-ethyl adjacent to an activating group) is 1. The summed E-state index contributed by atoms with van der Waals surface area (Å²) >= 11 is 0. The van der Waals surface area contributed by atoms with Crippen molar-refractivity contribution in [3.8, 4) is 0 Å². The van der Waals surface area contributed by atoms with E-state index in [-0.39, 0.29) is 5.25 Å². The topological polar surface area (TPSA) is 49.4 Å². The fraction of sp³-hybridized carbons (Fsp3) is 1.00. The average Bonchev–Trinajstić information content (AvgIpc) is 2.17. The van der Waals surface area contributed by atoms with Gasteiger partial charge in [0.05, 0.1) is 5.25 Å². The van der Waals surface area contributed by atoms with E-state index in [9.17, 15) is 8.42 Å². The molecule has 1 rings (SSSR count). The van der Waals surface area contributed by atoms with Crippen LogP contribution in [0.15, 0.2) is 0 Å². The monoisotopic (exact) mass is 220 g/mol. The van der Waals surface area contributed by atoms with E-state index in [0.29, 0.717) is 19.1 Å². The maximum atomic E-state index is 11.8. The Hall–Kier alpha value is -0.130. The minimum Gasteiger partial charge on any atom is -0.316 e. The molecule has 1 saturated heterocycles. The van der Waals surface area contributed by atoms with E-state index < -0.39 is 10.0 Å². The van der Waals surface area contributed by atoms with Crippen LogP contribution in [0.1, 0.15) is 26.7 Å². The van der Waals surface area contributed by atoms with Gasteiger partial charge < -0.3 is 5.32 Å². The molecule has 4 nitrogen and oxygen atoms in total. The Balaban J connectivity index is 2.69.